The lowest BCUT2D eigenvalue weighted by molar-refractivity contribution is -0.118. The van der Waals surface area contributed by atoms with Gasteiger partial charge in [0.25, 0.3) is 0 Å². The molecule has 6 heteroatoms. The fourth-order valence-corrected chi connectivity index (χ4v) is 2.76. The summed E-state index contributed by atoms with van der Waals surface area (Å²) >= 11 is 1.47. The van der Waals surface area contributed by atoms with Crippen LogP contribution in [0.2, 0.25) is 0 Å². The van der Waals surface area contributed by atoms with Gasteiger partial charge in [0, 0.05) is 10.4 Å². The Bertz CT molecular complexity index is 637. The summed E-state index contributed by atoms with van der Waals surface area (Å²) in [6, 6.07) is 7.69. The van der Waals surface area contributed by atoms with E-state index >= 15 is 0 Å². The Labute approximate surface area is 141 Å². The maximum atomic E-state index is 12.0. The van der Waals surface area contributed by atoms with Crippen molar-refractivity contribution in [3.8, 4) is 11.3 Å². The number of nitrogens with two attached hydrogens (primary N) is 1. The highest BCUT2D eigenvalue weighted by Crippen LogP contribution is 2.30. The summed E-state index contributed by atoms with van der Waals surface area (Å²) in [6.07, 6.45) is 0. The first-order valence-corrected chi connectivity index (χ1v) is 7.81. The first kappa shape index (κ1) is 18.6. The third kappa shape index (κ3) is 4.29. The number of aryl methyl sites for hydroxylation is 2. The number of hydrogen-bond donors (Lipinski definition) is 2. The molecule has 1 amide bonds. The fourth-order valence-electron chi connectivity index (χ4n) is 1.92. The van der Waals surface area contributed by atoms with Gasteiger partial charge in [0.15, 0.2) is 5.13 Å². The first-order valence-electron chi connectivity index (χ1n) is 6.99. The molecule has 1 aromatic carbocycles. The SMILES string of the molecule is Cc1ccc(-c2nc(NC(=O)[C@@H](N)C(C)C)sc2C)cc1.Cl. The fraction of sp³-hybridized carbons (Fsp3) is 0.375. The third-order valence-corrected chi connectivity index (χ3v) is 4.26. The lowest BCUT2D eigenvalue weighted by atomic mass is 10.1. The van der Waals surface area contributed by atoms with Crippen LogP contribution in [0.25, 0.3) is 11.3 Å². The number of halogens is 1. The molecule has 0 radical (unpaired) electrons. The predicted molar refractivity (Wildman–Crippen MR) is 95.7 cm³/mol. The van der Waals surface area contributed by atoms with Gasteiger partial charge >= 0.3 is 0 Å². The van der Waals surface area contributed by atoms with Crippen molar-refractivity contribution < 1.29 is 4.79 Å². The second-order valence-corrected chi connectivity index (χ2v) is 6.75. The molecule has 2 rings (SSSR count). The van der Waals surface area contributed by atoms with Gasteiger partial charge in [-0.25, -0.2) is 4.98 Å². The molecule has 0 unspecified atom stereocenters. The van der Waals surface area contributed by atoms with Crippen LogP contribution in [0.15, 0.2) is 24.3 Å². The average Bonchev–Trinajstić information content (AvgIpc) is 2.79. The zero-order valence-corrected chi connectivity index (χ0v) is 14.8. The van der Waals surface area contributed by atoms with Crippen molar-refractivity contribution in [2.45, 2.75) is 33.7 Å². The summed E-state index contributed by atoms with van der Waals surface area (Å²) in [7, 11) is 0. The van der Waals surface area contributed by atoms with Crippen LogP contribution < -0.4 is 11.1 Å². The number of nitrogens with zero attached hydrogens (tertiary/aromatic N) is 1. The molecule has 0 aliphatic carbocycles. The van der Waals surface area contributed by atoms with Gasteiger partial charge in [-0.3, -0.25) is 4.79 Å². The summed E-state index contributed by atoms with van der Waals surface area (Å²) in [6.45, 7) is 7.91. The van der Waals surface area contributed by atoms with E-state index in [0.29, 0.717) is 5.13 Å². The molecule has 1 aromatic heterocycles. The van der Waals surface area contributed by atoms with E-state index in [1.807, 2.05) is 32.9 Å². The van der Waals surface area contributed by atoms with Crippen molar-refractivity contribution in [3.63, 3.8) is 0 Å². The van der Waals surface area contributed by atoms with Crippen LogP contribution in [0.3, 0.4) is 0 Å². The Hall–Kier alpha value is -1.43. The number of hydrogen-bond acceptors (Lipinski definition) is 4. The van der Waals surface area contributed by atoms with Crippen molar-refractivity contribution in [3.05, 3.63) is 34.7 Å². The van der Waals surface area contributed by atoms with E-state index in [4.69, 9.17) is 5.73 Å². The van der Waals surface area contributed by atoms with Gasteiger partial charge in [0.1, 0.15) is 0 Å². The highest BCUT2D eigenvalue weighted by Gasteiger charge is 2.19. The number of thiazole rings is 1. The van der Waals surface area contributed by atoms with Crippen LogP contribution in [0.5, 0.6) is 0 Å². The van der Waals surface area contributed by atoms with E-state index in [-0.39, 0.29) is 24.2 Å². The molecule has 0 spiro atoms. The molecule has 0 aliphatic heterocycles. The molecular formula is C16H22ClN3OS. The summed E-state index contributed by atoms with van der Waals surface area (Å²) in [5, 5.41) is 3.41. The molecule has 0 saturated carbocycles. The van der Waals surface area contributed by atoms with Gasteiger partial charge in [0.2, 0.25) is 5.91 Å². The van der Waals surface area contributed by atoms with Gasteiger partial charge in [-0.05, 0) is 19.8 Å². The average molecular weight is 340 g/mol. The van der Waals surface area contributed by atoms with Crippen molar-refractivity contribution >= 4 is 34.8 Å². The van der Waals surface area contributed by atoms with E-state index in [1.165, 1.54) is 16.9 Å². The van der Waals surface area contributed by atoms with Crippen LogP contribution in [0, 0.1) is 19.8 Å². The quantitative estimate of drug-likeness (QED) is 0.890. The third-order valence-electron chi connectivity index (χ3n) is 3.37. The monoisotopic (exact) mass is 339 g/mol. The number of benzene rings is 1. The van der Waals surface area contributed by atoms with Gasteiger partial charge in [0.05, 0.1) is 11.7 Å². The molecule has 120 valence electrons. The van der Waals surface area contributed by atoms with Crippen LogP contribution in [0.1, 0.15) is 24.3 Å². The number of aromatic nitrogens is 1. The molecule has 0 saturated heterocycles. The minimum atomic E-state index is -0.517. The maximum Gasteiger partial charge on any atom is 0.243 e. The standard InChI is InChI=1S/C16H21N3OS.ClH/c1-9(2)13(17)15(20)19-16-18-14(11(4)21-16)12-7-5-10(3)6-8-12;/h5-9,13H,17H2,1-4H3,(H,18,19,20);1H/t13-;/m0./s1. The Kier molecular flexibility index (Phi) is 6.53. The molecule has 1 heterocycles. The summed E-state index contributed by atoms with van der Waals surface area (Å²) in [5.41, 5.74) is 9.03. The van der Waals surface area contributed by atoms with E-state index in [1.54, 1.807) is 0 Å². The predicted octanol–water partition coefficient (Wildman–Crippen LogP) is 3.77. The van der Waals surface area contributed by atoms with Crippen LogP contribution in [-0.4, -0.2) is 16.9 Å². The second kappa shape index (κ2) is 7.72. The first-order chi connectivity index (χ1) is 9.88. The van der Waals surface area contributed by atoms with Gasteiger partial charge < -0.3 is 11.1 Å². The van der Waals surface area contributed by atoms with Crippen molar-refractivity contribution in [1.29, 1.82) is 0 Å². The lowest BCUT2D eigenvalue weighted by Crippen LogP contribution is -2.39. The van der Waals surface area contributed by atoms with Crippen molar-refractivity contribution in [2.75, 3.05) is 5.32 Å². The minimum Gasteiger partial charge on any atom is -0.320 e. The van der Waals surface area contributed by atoms with Crippen LogP contribution >= 0.6 is 23.7 Å². The maximum absolute atomic E-state index is 12.0. The van der Waals surface area contributed by atoms with E-state index in [0.717, 1.165) is 16.1 Å². The van der Waals surface area contributed by atoms with Gasteiger partial charge in [-0.2, -0.15) is 0 Å². The Balaban J connectivity index is 0.00000242. The summed E-state index contributed by atoms with van der Waals surface area (Å²) in [4.78, 5) is 17.6. The number of amides is 1. The molecule has 1 atom stereocenters. The highest BCUT2D eigenvalue weighted by molar-refractivity contribution is 7.16. The van der Waals surface area contributed by atoms with Crippen molar-refractivity contribution in [1.82, 2.24) is 4.98 Å². The molecule has 3 N–H and O–H groups in total. The molecule has 0 fully saturated rings. The van der Waals surface area contributed by atoms with E-state index < -0.39 is 6.04 Å². The van der Waals surface area contributed by atoms with Crippen LogP contribution in [-0.2, 0) is 4.79 Å². The summed E-state index contributed by atoms with van der Waals surface area (Å²) < 4.78 is 0. The minimum absolute atomic E-state index is 0. The smallest absolute Gasteiger partial charge is 0.243 e. The number of nitrogens with one attached hydrogen (secondary N) is 1. The largest absolute Gasteiger partial charge is 0.320 e. The molecular weight excluding hydrogens is 318 g/mol. The lowest BCUT2D eigenvalue weighted by Gasteiger charge is -2.13. The molecule has 4 nitrogen and oxygen atoms in total. The molecule has 0 bridgehead atoms. The number of rotatable bonds is 4. The van der Waals surface area contributed by atoms with E-state index in [9.17, 15) is 4.79 Å². The Morgan fingerprint density at radius 1 is 1.23 bits per heavy atom. The zero-order valence-electron chi connectivity index (χ0n) is 13.2. The highest BCUT2D eigenvalue weighted by atomic mass is 35.5. The number of anilines is 1. The van der Waals surface area contributed by atoms with Crippen molar-refractivity contribution in [2.24, 2.45) is 11.7 Å². The molecule has 22 heavy (non-hydrogen) atoms. The van der Waals surface area contributed by atoms with Gasteiger partial charge in [-0.15, -0.1) is 23.7 Å². The molecule has 2 aromatic rings. The second-order valence-electron chi connectivity index (χ2n) is 5.55. The van der Waals surface area contributed by atoms with E-state index in [2.05, 4.69) is 29.4 Å². The number of carbonyl (C=O) groups excluding carboxylic acids is 1. The number of carbonyl (C=O) groups is 1. The van der Waals surface area contributed by atoms with Crippen LogP contribution in [0.4, 0.5) is 5.13 Å². The summed E-state index contributed by atoms with van der Waals surface area (Å²) in [5.74, 6) is -0.0863. The Morgan fingerprint density at radius 2 is 1.82 bits per heavy atom. The Morgan fingerprint density at radius 3 is 2.36 bits per heavy atom. The normalized spacial score (nSPS) is 11.9. The molecule has 0 aliphatic rings. The van der Waals surface area contributed by atoms with Gasteiger partial charge in [-0.1, -0.05) is 43.7 Å². The topological polar surface area (TPSA) is 68.0 Å². The zero-order chi connectivity index (χ0) is 15.6.